The summed E-state index contributed by atoms with van der Waals surface area (Å²) < 4.78 is 8.61. The van der Waals surface area contributed by atoms with E-state index in [1.54, 1.807) is 18.2 Å². The molecule has 0 aliphatic carbocycles. The van der Waals surface area contributed by atoms with Gasteiger partial charge < -0.3 is 15.2 Å². The summed E-state index contributed by atoms with van der Waals surface area (Å²) in [6.45, 7) is 15.8. The van der Waals surface area contributed by atoms with Gasteiger partial charge in [-0.15, -0.1) is 0 Å². The molecule has 3 aromatic rings. The fourth-order valence-electron chi connectivity index (χ4n) is 4.06. The van der Waals surface area contributed by atoms with Gasteiger partial charge in [0, 0.05) is 10.5 Å². The van der Waals surface area contributed by atoms with Gasteiger partial charge in [-0.25, -0.2) is 19.6 Å². The zero-order valence-corrected chi connectivity index (χ0v) is 25.7. The van der Waals surface area contributed by atoms with Crippen LogP contribution < -0.4 is 10.0 Å². The quantitative estimate of drug-likeness (QED) is 0.200. The number of nitrogens with zero attached hydrogens (tertiary/aromatic N) is 2. The first-order chi connectivity index (χ1) is 19.1. The van der Waals surface area contributed by atoms with Crippen LogP contribution in [0.3, 0.4) is 0 Å². The van der Waals surface area contributed by atoms with E-state index in [2.05, 4.69) is 47.6 Å². The number of benzene rings is 2. The fraction of sp³-hybridized carbons (Fsp3) is 0.375. The number of amides is 1. The number of carbonyl (C=O) groups is 2. The number of hydrogen-bond acceptors (Lipinski definition) is 7. The highest BCUT2D eigenvalue weighted by Gasteiger charge is 2.22. The summed E-state index contributed by atoms with van der Waals surface area (Å²) in [5.74, 6) is 5.66. The highest BCUT2D eigenvalue weighted by molar-refractivity contribution is 8.00. The van der Waals surface area contributed by atoms with Crippen molar-refractivity contribution in [2.75, 3.05) is 4.72 Å². The van der Waals surface area contributed by atoms with Crippen LogP contribution in [0.15, 0.2) is 53.4 Å². The summed E-state index contributed by atoms with van der Waals surface area (Å²) in [4.78, 5) is 34.0. The largest absolute Gasteiger partial charge is 0.478 e. The molecular weight excluding hydrogens is 536 g/mol. The molecule has 41 heavy (non-hydrogen) atoms. The molecule has 0 radical (unpaired) electrons. The Morgan fingerprint density at radius 3 is 2.27 bits per heavy atom. The second-order valence-corrected chi connectivity index (χ2v) is 12.9. The van der Waals surface area contributed by atoms with Gasteiger partial charge in [0.15, 0.2) is 0 Å². The Balaban J connectivity index is 2.00. The molecule has 2 aromatic carbocycles. The van der Waals surface area contributed by atoms with Crippen molar-refractivity contribution in [1.82, 2.24) is 15.3 Å². The van der Waals surface area contributed by atoms with Crippen LogP contribution in [0.5, 0.6) is 0 Å². The molecule has 1 heterocycles. The lowest BCUT2D eigenvalue weighted by Crippen LogP contribution is -2.40. The molecule has 216 valence electrons. The molecule has 1 amide bonds. The average molecular weight is 575 g/mol. The summed E-state index contributed by atoms with van der Waals surface area (Å²) in [5, 5.41) is 12.2. The van der Waals surface area contributed by atoms with Crippen molar-refractivity contribution >= 4 is 30.0 Å². The summed E-state index contributed by atoms with van der Waals surface area (Å²) in [6.07, 6.45) is 0.0805. The maximum Gasteiger partial charge on any atom is 0.408 e. The predicted octanol–water partition coefficient (Wildman–Crippen LogP) is 7.26. The highest BCUT2D eigenvalue weighted by atomic mass is 32.2. The summed E-state index contributed by atoms with van der Waals surface area (Å²) in [6, 6.07) is 14.0. The summed E-state index contributed by atoms with van der Waals surface area (Å²) >= 11 is 1.21. The maximum atomic E-state index is 12.5. The van der Waals surface area contributed by atoms with Crippen LogP contribution >= 0.6 is 11.9 Å². The molecule has 0 aliphatic heterocycles. The number of carbonyl (C=O) groups excluding carboxylic acids is 1. The van der Waals surface area contributed by atoms with Crippen molar-refractivity contribution in [3.63, 3.8) is 0 Å². The second kappa shape index (κ2) is 13.1. The van der Waals surface area contributed by atoms with Crippen LogP contribution in [-0.2, 0) is 4.74 Å². The van der Waals surface area contributed by atoms with Crippen molar-refractivity contribution in [3.05, 3.63) is 70.9 Å². The first-order valence-corrected chi connectivity index (χ1v) is 14.1. The molecule has 0 saturated carbocycles. The minimum absolute atomic E-state index is 0.0999. The second-order valence-electron chi connectivity index (χ2n) is 12.0. The van der Waals surface area contributed by atoms with Gasteiger partial charge >= 0.3 is 12.1 Å². The smallest absolute Gasteiger partial charge is 0.408 e. The van der Waals surface area contributed by atoms with Crippen molar-refractivity contribution < 1.29 is 19.4 Å². The normalized spacial score (nSPS) is 12.1. The number of aryl methyl sites for hydroxylation is 2. The third kappa shape index (κ3) is 10.1. The fourth-order valence-corrected chi connectivity index (χ4v) is 4.69. The van der Waals surface area contributed by atoms with Gasteiger partial charge in [0.05, 0.1) is 17.3 Å². The lowest BCUT2D eigenvalue weighted by molar-refractivity contribution is 0.0507. The standard InChI is InChI=1S/C32H38N4O4S/c1-20-11-9-12-21(2)27(20)26-18-23(15-16-24(19-31(3,4)5)34-30(39)40-32(6,7)8)33-29(35-26)36-41-25-14-10-13-22(17-25)28(37)38/h9-14,17-18,24H,19H2,1-8H3,(H,34,39)(H,37,38)(H,33,35,36). The first-order valence-electron chi connectivity index (χ1n) is 13.3. The number of carboxylic acid groups (broad SMARTS) is 1. The van der Waals surface area contributed by atoms with Gasteiger partial charge in [0.2, 0.25) is 5.95 Å². The minimum atomic E-state index is -0.997. The zero-order chi connectivity index (χ0) is 30.4. The first kappa shape index (κ1) is 31.5. The summed E-state index contributed by atoms with van der Waals surface area (Å²) in [5.41, 5.74) is 3.75. The number of aromatic carboxylic acids is 1. The Morgan fingerprint density at radius 1 is 1.00 bits per heavy atom. The SMILES string of the molecule is Cc1cccc(C)c1-c1cc(C#CC(CC(C)(C)C)NC(=O)OC(C)(C)C)nc(NSc2cccc(C(=O)O)c2)n1. The monoisotopic (exact) mass is 574 g/mol. The van der Waals surface area contributed by atoms with E-state index in [4.69, 9.17) is 9.72 Å². The number of hydrogen-bond donors (Lipinski definition) is 3. The van der Waals surface area contributed by atoms with E-state index in [0.29, 0.717) is 28.7 Å². The molecule has 1 atom stereocenters. The molecule has 8 nitrogen and oxygen atoms in total. The van der Waals surface area contributed by atoms with Gasteiger partial charge in [-0.1, -0.05) is 51.0 Å². The van der Waals surface area contributed by atoms with Crippen molar-refractivity contribution in [2.24, 2.45) is 5.41 Å². The Hall–Kier alpha value is -4.03. The topological polar surface area (TPSA) is 113 Å². The van der Waals surface area contributed by atoms with Gasteiger partial charge in [0.25, 0.3) is 0 Å². The van der Waals surface area contributed by atoms with Crippen LogP contribution in [-0.4, -0.2) is 38.8 Å². The number of ether oxygens (including phenoxy) is 1. The predicted molar refractivity (Wildman–Crippen MR) is 164 cm³/mol. The van der Waals surface area contributed by atoms with Crippen molar-refractivity contribution in [3.8, 4) is 23.1 Å². The van der Waals surface area contributed by atoms with E-state index in [1.807, 2.05) is 58.9 Å². The molecule has 0 bridgehead atoms. The van der Waals surface area contributed by atoms with Crippen molar-refractivity contribution in [2.45, 2.75) is 78.3 Å². The molecule has 3 N–H and O–H groups in total. The van der Waals surface area contributed by atoms with Crippen LogP contribution in [0.1, 0.15) is 75.1 Å². The van der Waals surface area contributed by atoms with E-state index >= 15 is 0 Å². The number of alkyl carbamates (subject to hydrolysis) is 1. The molecule has 9 heteroatoms. The molecular formula is C32H38N4O4S. The summed E-state index contributed by atoms with van der Waals surface area (Å²) in [7, 11) is 0. The number of nitrogens with one attached hydrogen (secondary N) is 2. The van der Waals surface area contributed by atoms with Gasteiger partial charge in [0.1, 0.15) is 11.3 Å². The van der Waals surface area contributed by atoms with Crippen LogP contribution in [0, 0.1) is 31.1 Å². The van der Waals surface area contributed by atoms with E-state index in [-0.39, 0.29) is 11.0 Å². The number of carboxylic acids is 1. The number of aromatic nitrogens is 2. The minimum Gasteiger partial charge on any atom is -0.478 e. The number of anilines is 1. The molecule has 0 aliphatic rings. The molecule has 0 fully saturated rings. The van der Waals surface area contributed by atoms with E-state index in [9.17, 15) is 14.7 Å². The lowest BCUT2D eigenvalue weighted by atomic mass is 9.88. The zero-order valence-electron chi connectivity index (χ0n) is 24.9. The Bertz CT molecular complexity index is 1460. The average Bonchev–Trinajstić information content (AvgIpc) is 2.84. The Labute approximate surface area is 246 Å². The van der Waals surface area contributed by atoms with Crippen molar-refractivity contribution in [1.29, 1.82) is 0 Å². The third-order valence-corrected chi connectivity index (χ3v) is 6.46. The number of rotatable bonds is 7. The molecule has 0 saturated heterocycles. The van der Waals surface area contributed by atoms with Gasteiger partial charge in [-0.3, -0.25) is 4.72 Å². The Morgan fingerprint density at radius 2 is 1.66 bits per heavy atom. The Kier molecular flexibility index (Phi) is 10.1. The van der Waals surface area contributed by atoms with Crippen LogP contribution in [0.4, 0.5) is 10.7 Å². The lowest BCUT2D eigenvalue weighted by Gasteiger charge is -2.25. The van der Waals surface area contributed by atoms with E-state index < -0.39 is 23.7 Å². The van der Waals surface area contributed by atoms with Crippen LogP contribution in [0.2, 0.25) is 0 Å². The molecule has 3 rings (SSSR count). The van der Waals surface area contributed by atoms with Gasteiger partial charge in [-0.05, 0) is 99.7 Å². The molecule has 0 spiro atoms. The van der Waals surface area contributed by atoms with Gasteiger partial charge in [-0.2, -0.15) is 0 Å². The van der Waals surface area contributed by atoms with Crippen LogP contribution in [0.25, 0.3) is 11.3 Å². The highest BCUT2D eigenvalue weighted by Crippen LogP contribution is 2.28. The molecule has 1 unspecified atom stereocenters. The third-order valence-electron chi connectivity index (χ3n) is 5.69. The van der Waals surface area contributed by atoms with E-state index in [0.717, 1.165) is 16.7 Å². The maximum absolute atomic E-state index is 12.5. The molecule has 1 aromatic heterocycles. The van der Waals surface area contributed by atoms with E-state index in [1.165, 1.54) is 18.0 Å².